The van der Waals surface area contributed by atoms with Gasteiger partial charge in [-0.1, -0.05) is 11.6 Å². The number of anilines is 2. The number of aromatic nitrogens is 3. The second-order valence-electron chi connectivity index (χ2n) is 3.70. The van der Waals surface area contributed by atoms with E-state index in [1.807, 2.05) is 0 Å². The van der Waals surface area contributed by atoms with Crippen LogP contribution in [0.2, 0.25) is 5.15 Å². The predicted octanol–water partition coefficient (Wildman–Crippen LogP) is 3.27. The number of fused-ring (bicyclic) bond motifs is 1. The number of hydrogen-bond acceptors (Lipinski definition) is 3. The van der Waals surface area contributed by atoms with Gasteiger partial charge in [-0.05, 0) is 24.3 Å². The van der Waals surface area contributed by atoms with Crippen molar-refractivity contribution in [1.82, 2.24) is 14.6 Å². The third kappa shape index (κ3) is 2.00. The predicted molar refractivity (Wildman–Crippen MR) is 67.7 cm³/mol. The van der Waals surface area contributed by atoms with Gasteiger partial charge < -0.3 is 5.32 Å². The van der Waals surface area contributed by atoms with E-state index in [1.165, 1.54) is 12.1 Å². The van der Waals surface area contributed by atoms with Crippen molar-refractivity contribution in [3.63, 3.8) is 0 Å². The maximum atomic E-state index is 12.8. The molecule has 0 amide bonds. The van der Waals surface area contributed by atoms with Crippen LogP contribution in [0, 0.1) is 5.82 Å². The number of halogens is 2. The minimum absolute atomic E-state index is 0.280. The van der Waals surface area contributed by atoms with Crippen LogP contribution < -0.4 is 5.32 Å². The Labute approximate surface area is 107 Å². The Bertz CT molecular complexity index is 693. The van der Waals surface area contributed by atoms with E-state index in [9.17, 15) is 4.39 Å². The van der Waals surface area contributed by atoms with Crippen molar-refractivity contribution in [3.8, 4) is 0 Å². The third-order valence-corrected chi connectivity index (χ3v) is 2.64. The van der Waals surface area contributed by atoms with Crippen LogP contribution in [-0.2, 0) is 0 Å². The Hall–Kier alpha value is -2.14. The van der Waals surface area contributed by atoms with Crippen molar-refractivity contribution >= 4 is 28.8 Å². The third-order valence-electron chi connectivity index (χ3n) is 2.44. The fraction of sp³-hybridized carbons (Fsp3) is 0. The van der Waals surface area contributed by atoms with Gasteiger partial charge in [0.1, 0.15) is 16.8 Å². The second kappa shape index (κ2) is 4.27. The molecular formula is C12H8ClFN4. The molecule has 18 heavy (non-hydrogen) atoms. The molecule has 0 aliphatic carbocycles. The van der Waals surface area contributed by atoms with Gasteiger partial charge in [-0.2, -0.15) is 9.61 Å². The van der Waals surface area contributed by atoms with E-state index >= 15 is 0 Å². The molecule has 4 nitrogen and oxygen atoms in total. The number of benzene rings is 1. The average molecular weight is 263 g/mol. The first kappa shape index (κ1) is 11.0. The van der Waals surface area contributed by atoms with Crippen molar-refractivity contribution < 1.29 is 4.39 Å². The summed E-state index contributed by atoms with van der Waals surface area (Å²) in [5.41, 5.74) is 1.39. The summed E-state index contributed by atoms with van der Waals surface area (Å²) in [6.07, 6.45) is 1.63. The smallest absolute Gasteiger partial charge is 0.159 e. The lowest BCUT2D eigenvalue weighted by molar-refractivity contribution is 0.628. The summed E-state index contributed by atoms with van der Waals surface area (Å²) < 4.78 is 14.4. The van der Waals surface area contributed by atoms with E-state index in [0.717, 1.165) is 5.69 Å². The van der Waals surface area contributed by atoms with Crippen LogP contribution in [0.25, 0.3) is 5.65 Å². The molecule has 3 rings (SSSR count). The Kier molecular flexibility index (Phi) is 2.60. The molecule has 90 valence electrons. The molecule has 2 aromatic heterocycles. The molecule has 0 aliphatic heterocycles. The standard InChI is InChI=1S/C12H8ClFN4/c13-10-7-12(18-11(17-10)5-6-15-18)16-9-3-1-8(14)2-4-9/h1-7,16H. The first-order valence-corrected chi connectivity index (χ1v) is 5.63. The lowest BCUT2D eigenvalue weighted by atomic mass is 10.3. The SMILES string of the molecule is Fc1ccc(Nc2cc(Cl)nc3ccnn23)cc1. The molecule has 0 atom stereocenters. The molecule has 0 radical (unpaired) electrons. The molecule has 0 spiro atoms. The fourth-order valence-corrected chi connectivity index (χ4v) is 1.84. The normalized spacial score (nSPS) is 10.8. The van der Waals surface area contributed by atoms with Crippen LogP contribution in [0.1, 0.15) is 0 Å². The van der Waals surface area contributed by atoms with Crippen LogP contribution in [0.15, 0.2) is 42.6 Å². The van der Waals surface area contributed by atoms with E-state index in [1.54, 1.807) is 35.0 Å². The summed E-state index contributed by atoms with van der Waals surface area (Å²) in [7, 11) is 0. The Balaban J connectivity index is 2.03. The van der Waals surface area contributed by atoms with Crippen LogP contribution in [0.4, 0.5) is 15.9 Å². The molecule has 0 fully saturated rings. The van der Waals surface area contributed by atoms with Gasteiger partial charge in [0, 0.05) is 17.8 Å². The zero-order valence-corrected chi connectivity index (χ0v) is 9.89. The van der Waals surface area contributed by atoms with Crippen molar-refractivity contribution in [2.24, 2.45) is 0 Å². The zero-order chi connectivity index (χ0) is 12.5. The largest absolute Gasteiger partial charge is 0.340 e. The number of hydrogen-bond donors (Lipinski definition) is 1. The molecule has 1 N–H and O–H groups in total. The maximum absolute atomic E-state index is 12.8. The summed E-state index contributed by atoms with van der Waals surface area (Å²) in [6, 6.07) is 9.45. The molecule has 6 heteroatoms. The number of nitrogens with zero attached hydrogens (tertiary/aromatic N) is 3. The Morgan fingerprint density at radius 3 is 2.72 bits per heavy atom. The molecule has 3 aromatic rings. The van der Waals surface area contributed by atoms with Gasteiger partial charge in [0.15, 0.2) is 5.65 Å². The number of nitrogens with one attached hydrogen (secondary N) is 1. The van der Waals surface area contributed by atoms with Crippen molar-refractivity contribution in [2.45, 2.75) is 0 Å². The van der Waals surface area contributed by atoms with Crippen molar-refractivity contribution in [2.75, 3.05) is 5.32 Å². The van der Waals surface area contributed by atoms with Crippen LogP contribution >= 0.6 is 11.6 Å². The molecule has 1 aromatic carbocycles. The Morgan fingerprint density at radius 2 is 1.94 bits per heavy atom. The van der Waals surface area contributed by atoms with E-state index in [0.29, 0.717) is 16.6 Å². The van der Waals surface area contributed by atoms with Crippen molar-refractivity contribution in [3.05, 3.63) is 53.6 Å². The molecule has 2 heterocycles. The summed E-state index contributed by atoms with van der Waals surface area (Å²) in [6.45, 7) is 0. The summed E-state index contributed by atoms with van der Waals surface area (Å²) in [5.74, 6) is 0.388. The Morgan fingerprint density at radius 1 is 1.17 bits per heavy atom. The van der Waals surface area contributed by atoms with Gasteiger partial charge in [0.05, 0.1) is 6.20 Å². The summed E-state index contributed by atoms with van der Waals surface area (Å²) >= 11 is 5.92. The van der Waals surface area contributed by atoms with E-state index in [2.05, 4.69) is 15.4 Å². The van der Waals surface area contributed by atoms with Gasteiger partial charge in [-0.25, -0.2) is 9.37 Å². The highest BCUT2D eigenvalue weighted by atomic mass is 35.5. The monoisotopic (exact) mass is 262 g/mol. The zero-order valence-electron chi connectivity index (χ0n) is 9.14. The van der Waals surface area contributed by atoms with Crippen LogP contribution in [-0.4, -0.2) is 14.6 Å². The maximum Gasteiger partial charge on any atom is 0.159 e. The average Bonchev–Trinajstić information content (AvgIpc) is 2.80. The highest BCUT2D eigenvalue weighted by Gasteiger charge is 2.05. The van der Waals surface area contributed by atoms with E-state index in [4.69, 9.17) is 11.6 Å². The van der Waals surface area contributed by atoms with Crippen LogP contribution in [0.3, 0.4) is 0 Å². The quantitative estimate of drug-likeness (QED) is 0.721. The highest BCUT2D eigenvalue weighted by molar-refractivity contribution is 6.29. The minimum atomic E-state index is -0.280. The van der Waals surface area contributed by atoms with Gasteiger partial charge in [-0.15, -0.1) is 0 Å². The first-order valence-electron chi connectivity index (χ1n) is 5.25. The molecule has 0 saturated heterocycles. The summed E-state index contributed by atoms with van der Waals surface area (Å²) in [4.78, 5) is 4.12. The highest BCUT2D eigenvalue weighted by Crippen LogP contribution is 2.20. The summed E-state index contributed by atoms with van der Waals surface area (Å²) in [5, 5.41) is 7.61. The van der Waals surface area contributed by atoms with Crippen LogP contribution in [0.5, 0.6) is 0 Å². The minimum Gasteiger partial charge on any atom is -0.340 e. The van der Waals surface area contributed by atoms with Crippen molar-refractivity contribution in [1.29, 1.82) is 0 Å². The van der Waals surface area contributed by atoms with E-state index < -0.39 is 0 Å². The molecule has 0 bridgehead atoms. The van der Waals surface area contributed by atoms with Gasteiger partial charge in [-0.3, -0.25) is 0 Å². The lowest BCUT2D eigenvalue weighted by Gasteiger charge is -2.08. The molecule has 0 unspecified atom stereocenters. The first-order chi connectivity index (χ1) is 8.72. The number of rotatable bonds is 2. The molecule has 0 saturated carbocycles. The molecule has 0 aliphatic rings. The topological polar surface area (TPSA) is 42.2 Å². The van der Waals surface area contributed by atoms with E-state index in [-0.39, 0.29) is 5.82 Å². The molecular weight excluding hydrogens is 255 g/mol. The van der Waals surface area contributed by atoms with Gasteiger partial charge in [0.2, 0.25) is 0 Å². The van der Waals surface area contributed by atoms with Gasteiger partial charge >= 0.3 is 0 Å². The second-order valence-corrected chi connectivity index (χ2v) is 4.08. The van der Waals surface area contributed by atoms with Gasteiger partial charge in [0.25, 0.3) is 0 Å². The lowest BCUT2D eigenvalue weighted by Crippen LogP contribution is -2.01. The fourth-order valence-electron chi connectivity index (χ4n) is 1.65.